The van der Waals surface area contributed by atoms with E-state index in [1.54, 1.807) is 48.5 Å². The van der Waals surface area contributed by atoms with Gasteiger partial charge >= 0.3 is 18.1 Å². The number of benzene rings is 10. The molecule has 4 aliphatic rings. The number of thiocarbonyl (C=S) groups is 2. The van der Waals surface area contributed by atoms with Crippen molar-refractivity contribution in [2.45, 2.75) is 62.2 Å². The zero-order valence-electron chi connectivity index (χ0n) is 79.7. The predicted molar refractivity (Wildman–Crippen MR) is 559 cm³/mol. The number of aryl methyl sites for hydroxylation is 2. The third-order valence-corrected chi connectivity index (χ3v) is 25.2. The lowest BCUT2D eigenvalue weighted by atomic mass is 9.92. The number of anilines is 6. The van der Waals surface area contributed by atoms with Crippen LogP contribution in [0.5, 0.6) is 11.5 Å². The number of hydrogen-bond donors (Lipinski definition) is 14. The topological polar surface area (TPSA) is 658 Å². The molecule has 2 heterocycles. The normalized spacial score (nSPS) is 11.6. The van der Waals surface area contributed by atoms with Gasteiger partial charge in [-0.25, -0.2) is 27.1 Å². The van der Waals surface area contributed by atoms with E-state index in [1.165, 1.54) is 141 Å². The summed E-state index contributed by atoms with van der Waals surface area (Å²) in [6.45, 7) is 2.58. The minimum absolute atomic E-state index is 0.0175. The molecule has 0 saturated heterocycles. The van der Waals surface area contributed by atoms with Crippen molar-refractivity contribution in [3.63, 3.8) is 0 Å². The molecule has 0 aromatic heterocycles. The lowest BCUT2D eigenvalue weighted by Crippen LogP contribution is -2.46. The van der Waals surface area contributed by atoms with E-state index in [0.717, 1.165) is 46.7 Å². The number of carboxylic acids is 2. The summed E-state index contributed by atoms with van der Waals surface area (Å²) in [4.78, 5) is 172. The number of carbonyl (C=O) groups excluding carboxylic acids is 10. The second kappa shape index (κ2) is 56.4. The third-order valence-electron chi connectivity index (χ3n) is 22.0. The SMILES string of the molecule is Cc1ccc2c(-c3ccc(NC(=S)NCCCCCCNC(=O)CN(CCN(CC(=O)O)CC(=O)Nc4ccc(NS(=O)[O-])cc4)CC(=O)Cc4ccc(S(N)(=O)=O)cc4)cc3OC=O)c3ccc(=O)cc-3oc2c1.Cc1ccc2c(-c3ccc(NC(=S)NCCNC(=O)CN(CCN(CC(=O)O)CC(=O)Nc4ccc(NS(=O)[O-])cc4)CC(=O)Cc4ccc(S(N)(=O)=O)cc4)cc3OC=O)c3ccc(=O)cc-3oc2c1.O=C=O. The molecular formula is C99H102N16O28S6-2. The maximum absolute atomic E-state index is 13.3. The van der Waals surface area contributed by atoms with Crippen LogP contribution in [0, 0.1) is 13.8 Å². The first-order valence-corrected chi connectivity index (χ1v) is 51.3. The number of carbonyl (C=O) groups is 10. The lowest BCUT2D eigenvalue weighted by Gasteiger charge is -2.26. The van der Waals surface area contributed by atoms with Crippen molar-refractivity contribution in [3.05, 3.63) is 249 Å². The fraction of sp³-hybridized carbons (Fsp3) is 0.242. The number of unbranched alkanes of at least 4 members (excludes halogenated alkanes) is 3. The fourth-order valence-electron chi connectivity index (χ4n) is 15.4. The van der Waals surface area contributed by atoms with Gasteiger partial charge in [0.05, 0.1) is 62.1 Å². The van der Waals surface area contributed by atoms with Crippen molar-refractivity contribution < 1.29 is 120 Å². The molecule has 0 spiro atoms. The zero-order valence-corrected chi connectivity index (χ0v) is 84.6. The number of primary sulfonamides is 2. The molecule has 8 aromatic rings. The number of Topliss-reactive ketones (excluding diaryl/α,β-unsaturated/α-hetero) is 2. The molecule has 16 N–H and O–H groups in total. The molecule has 149 heavy (non-hydrogen) atoms. The van der Waals surface area contributed by atoms with Gasteiger partial charge in [0.1, 0.15) is 34.2 Å². The largest absolute Gasteiger partial charge is 0.755 e. The molecule has 8 aromatic carbocycles. The number of sulfonamides is 2. The van der Waals surface area contributed by atoms with Gasteiger partial charge < -0.3 is 89.6 Å². The number of hydrogen-bond acceptors (Lipinski definition) is 32. The minimum atomic E-state index is -3.97. The number of nitrogens with two attached hydrogens (primary N) is 2. The Bertz CT molecular complexity index is 7270. The molecule has 784 valence electrons. The van der Waals surface area contributed by atoms with Crippen LogP contribution in [0.3, 0.4) is 0 Å². The number of aliphatic carboxylic acids is 2. The van der Waals surface area contributed by atoms with Gasteiger partial charge in [-0.1, -0.05) is 61.4 Å². The van der Waals surface area contributed by atoms with Gasteiger partial charge in [0.15, 0.2) is 32.6 Å². The highest BCUT2D eigenvalue weighted by Gasteiger charge is 2.28. The van der Waals surface area contributed by atoms with Crippen molar-refractivity contribution in [1.29, 1.82) is 0 Å². The van der Waals surface area contributed by atoms with Gasteiger partial charge in [-0.3, -0.25) is 85.6 Å². The van der Waals surface area contributed by atoms with E-state index < -0.39 is 91.9 Å². The number of ether oxygens (including phenoxy) is 2. The standard InChI is InChI=1S/C51H56N8O13S3.C47H48N8O13S3.CO2/c1-33-6-17-42-45(24-33)72-46-27-38(61)14-19-43(46)50(42)41-18-13-37(26-44(41)71-32-60)56-51(73)54-21-5-3-2-4-20-53-47(63)29-58(28-39(62)25-34-7-15-40(16-8-34)75(52,69)70)22-23-59(31-49(65)66)30-48(64)55-35-9-11-36(12-10-35)57-74(67)68;1-29-2-13-38-41(20-29)68-42-23-34(57)10-15-39(42)46(38)37-14-9-33(22-40(37)67-28-56)52-47(69)50-17-16-49-43(59)25-54(24-35(58)21-30-3-11-36(12-4-30)71(48,65)66)18-19-55(27-45(61)62)26-44(60)51-31-5-7-32(8-6-31)53-70(63)64;2-1-3/h6-19,24,26-27,32,57H,2-5,20-23,25,28-31H2,1H3,(H,53,63)(H,55,64)(H,65,66)(H,67,68)(H2,52,69,70)(H2,54,56,73);2-15,20,22-23,28,53H,16-19,21,24-27H2,1H3,(H,49,59)(H,51,60)(H,61,62)(H,63,64)(H2,48,65,66)(H2,50,52,69);/p-2. The molecule has 44 nitrogen and oxygen atoms in total. The molecule has 0 radical (unpaired) electrons. The fourth-order valence-corrected chi connectivity index (χ4v) is 17.6. The monoisotopic (exact) mass is 2150 g/mol. The molecular weight excluding hydrogens is 2050 g/mol. The first-order chi connectivity index (χ1) is 71.1. The molecule has 2 unspecified atom stereocenters. The van der Waals surface area contributed by atoms with Crippen molar-refractivity contribution in [1.82, 2.24) is 40.9 Å². The molecule has 0 saturated carbocycles. The third kappa shape index (κ3) is 37.7. The van der Waals surface area contributed by atoms with Gasteiger partial charge in [-0.2, -0.15) is 9.59 Å². The van der Waals surface area contributed by atoms with Gasteiger partial charge in [0, 0.05) is 190 Å². The Morgan fingerprint density at radius 3 is 1.10 bits per heavy atom. The summed E-state index contributed by atoms with van der Waals surface area (Å²) in [6.07, 6.45) is 2.97. The van der Waals surface area contributed by atoms with Crippen molar-refractivity contribution >= 4 is 200 Å². The Labute approximate surface area is 868 Å². The van der Waals surface area contributed by atoms with Crippen LogP contribution in [0.15, 0.2) is 234 Å². The summed E-state index contributed by atoms with van der Waals surface area (Å²) >= 11 is 5.96. The zero-order chi connectivity index (χ0) is 108. The quantitative estimate of drug-likeness (QED) is 0.00629. The van der Waals surface area contributed by atoms with Crippen LogP contribution >= 0.6 is 24.4 Å². The maximum atomic E-state index is 13.3. The van der Waals surface area contributed by atoms with Crippen LogP contribution in [0.2, 0.25) is 0 Å². The minimum Gasteiger partial charge on any atom is -0.755 e. The number of nitrogens with one attached hydrogen (secondary N) is 10. The van der Waals surface area contributed by atoms with E-state index in [1.807, 2.05) is 50.2 Å². The average molecular weight is 2160 g/mol. The second-order valence-corrected chi connectivity index (χ2v) is 38.7. The van der Waals surface area contributed by atoms with Gasteiger partial charge in [-0.05, 0) is 207 Å². The van der Waals surface area contributed by atoms with Crippen molar-refractivity contribution in [2.75, 3.05) is 135 Å². The molecule has 0 bridgehead atoms. The first kappa shape index (κ1) is 115. The Hall–Kier alpha value is -15.5. The predicted octanol–water partition coefficient (Wildman–Crippen LogP) is 6.58. The highest BCUT2D eigenvalue weighted by Crippen LogP contribution is 2.46. The highest BCUT2D eigenvalue weighted by atomic mass is 32.2. The maximum Gasteiger partial charge on any atom is 0.373 e. The summed E-state index contributed by atoms with van der Waals surface area (Å²) < 4.78 is 118. The smallest absolute Gasteiger partial charge is 0.373 e. The van der Waals surface area contributed by atoms with Crippen molar-refractivity contribution in [2.24, 2.45) is 10.3 Å². The number of fused-ring (bicyclic) bond motifs is 4. The Balaban J connectivity index is 0.000000297. The molecule has 2 aliphatic heterocycles. The Morgan fingerprint density at radius 1 is 0.409 bits per heavy atom. The van der Waals surface area contributed by atoms with E-state index in [-0.39, 0.29) is 157 Å². The average Bonchev–Trinajstić information content (AvgIpc) is 0.751. The van der Waals surface area contributed by atoms with E-state index in [4.69, 9.17) is 62.6 Å². The number of amides is 4. The summed E-state index contributed by atoms with van der Waals surface area (Å²) in [5.41, 5.74) is 9.58. The van der Waals surface area contributed by atoms with Crippen LogP contribution in [0.1, 0.15) is 47.9 Å². The number of ketones is 2. The summed E-state index contributed by atoms with van der Waals surface area (Å²) in [5, 5.41) is 54.8. The Morgan fingerprint density at radius 2 is 0.738 bits per heavy atom. The number of carboxylic acid groups (broad SMARTS) is 2. The van der Waals surface area contributed by atoms with Crippen LogP contribution in [-0.2, 0) is 113 Å². The van der Waals surface area contributed by atoms with Gasteiger partial charge in [0.2, 0.25) is 43.7 Å². The summed E-state index contributed by atoms with van der Waals surface area (Å²) in [6, 6.07) is 53.1. The van der Waals surface area contributed by atoms with Gasteiger partial charge in [-0.15, -0.1) is 0 Å². The molecule has 50 heteroatoms. The lowest BCUT2D eigenvalue weighted by molar-refractivity contribution is -0.192. The molecule has 2 aliphatic carbocycles. The molecule has 2 atom stereocenters. The van der Waals surface area contributed by atoms with Crippen molar-refractivity contribution in [3.8, 4) is 56.4 Å². The van der Waals surface area contributed by atoms with E-state index >= 15 is 0 Å². The Kier molecular flexibility index (Phi) is 43.7. The number of nitrogens with zero attached hydrogens (tertiary/aromatic N) is 4. The van der Waals surface area contributed by atoms with Crippen LogP contribution in [-0.4, -0.2) is 245 Å². The van der Waals surface area contributed by atoms with E-state index in [9.17, 15) is 102 Å². The van der Waals surface area contributed by atoms with Crippen LogP contribution in [0.25, 0.3) is 66.8 Å². The van der Waals surface area contributed by atoms with Crippen LogP contribution < -0.4 is 82.6 Å². The summed E-state index contributed by atoms with van der Waals surface area (Å²) in [5.74, 6) is -3.96. The number of rotatable bonds is 52. The first-order valence-electron chi connectivity index (χ1n) is 45.3. The van der Waals surface area contributed by atoms with Gasteiger partial charge in [0.25, 0.3) is 12.9 Å². The highest BCUT2D eigenvalue weighted by molar-refractivity contribution is 7.89. The van der Waals surface area contributed by atoms with Crippen LogP contribution in [0.4, 0.5) is 34.1 Å². The summed E-state index contributed by atoms with van der Waals surface area (Å²) in [7, 11) is -7.92. The van der Waals surface area contributed by atoms with E-state index in [0.29, 0.717) is 122 Å². The van der Waals surface area contributed by atoms with E-state index in [2.05, 4.69) is 52.0 Å². The molecule has 12 rings (SSSR count). The molecule has 4 amide bonds. The second-order valence-electron chi connectivity index (χ2n) is 33.4. The molecule has 0 fully saturated rings.